The van der Waals surface area contributed by atoms with E-state index in [0.717, 1.165) is 24.8 Å². The van der Waals surface area contributed by atoms with Crippen LogP contribution in [0.5, 0.6) is 5.75 Å². The summed E-state index contributed by atoms with van der Waals surface area (Å²) in [6.07, 6.45) is 5.56. The van der Waals surface area contributed by atoms with E-state index in [0.29, 0.717) is 16.4 Å². The lowest BCUT2D eigenvalue weighted by atomic mass is 9.43. The smallest absolute Gasteiger partial charge is 0.179 e. The second-order valence-corrected chi connectivity index (χ2v) is 12.4. The lowest BCUT2D eigenvalue weighted by Gasteiger charge is -2.63. The first-order valence-electron chi connectivity index (χ1n) is 9.99. The van der Waals surface area contributed by atoms with Gasteiger partial charge in [0.15, 0.2) is 9.84 Å². The molecule has 0 amide bonds. The van der Waals surface area contributed by atoms with Crippen molar-refractivity contribution in [2.45, 2.75) is 77.0 Å². The molecule has 0 unspecified atom stereocenters. The summed E-state index contributed by atoms with van der Waals surface area (Å²) in [6.45, 7) is 11.1. The average Bonchev–Trinajstić information content (AvgIpc) is 2.48. The van der Waals surface area contributed by atoms with Crippen LogP contribution in [0.25, 0.3) is 0 Å². The monoisotopic (exact) mass is 376 g/mol. The summed E-state index contributed by atoms with van der Waals surface area (Å²) in [7, 11) is -3.38. The van der Waals surface area contributed by atoms with E-state index in [9.17, 15) is 13.5 Å². The molecular formula is C22H32O3S. The molecule has 4 atom stereocenters. The zero-order valence-electron chi connectivity index (χ0n) is 16.7. The molecule has 1 N–H and O–H groups in total. The van der Waals surface area contributed by atoms with Gasteiger partial charge in [-0.25, -0.2) is 8.42 Å². The van der Waals surface area contributed by atoms with Crippen molar-refractivity contribution >= 4 is 9.84 Å². The average molecular weight is 377 g/mol. The Morgan fingerprint density at radius 1 is 1.04 bits per heavy atom. The van der Waals surface area contributed by atoms with Gasteiger partial charge in [-0.1, -0.05) is 34.1 Å². The van der Waals surface area contributed by atoms with E-state index < -0.39 is 9.84 Å². The fraction of sp³-hybridized carbons (Fsp3) is 0.727. The minimum Gasteiger partial charge on any atom is -0.508 e. The molecule has 0 radical (unpaired) electrons. The Morgan fingerprint density at radius 2 is 1.73 bits per heavy atom. The number of aromatic hydroxyl groups is 1. The lowest BCUT2D eigenvalue weighted by molar-refractivity contribution is -0.0984. The standard InChI is InChI=1S/C22H32O3S/c1-14-11-15(23)19-16(12-14)26(24,25)13-18-21(4)9-6-8-20(2,3)17(21)7-10-22(18,19)5/h11-12,17-18,23H,6-10,13H2,1-5H3/t17-,18+,21-,22+/m0/s1. The van der Waals surface area contributed by atoms with Gasteiger partial charge in [0.1, 0.15) is 5.75 Å². The third kappa shape index (κ3) is 2.26. The van der Waals surface area contributed by atoms with Gasteiger partial charge in [-0.05, 0) is 73.0 Å². The number of phenols is 1. The molecule has 2 fully saturated rings. The van der Waals surface area contributed by atoms with Crippen molar-refractivity contribution in [2.75, 3.05) is 5.75 Å². The van der Waals surface area contributed by atoms with Crippen molar-refractivity contribution in [2.24, 2.45) is 22.7 Å². The van der Waals surface area contributed by atoms with Crippen LogP contribution in [0.15, 0.2) is 17.0 Å². The zero-order valence-corrected chi connectivity index (χ0v) is 17.5. The minimum absolute atomic E-state index is 0.0108. The first kappa shape index (κ1) is 18.3. The number of rotatable bonds is 0. The molecule has 1 aliphatic heterocycles. The van der Waals surface area contributed by atoms with Crippen LogP contribution in [0.3, 0.4) is 0 Å². The highest BCUT2D eigenvalue weighted by atomic mass is 32.2. The number of hydrogen-bond acceptors (Lipinski definition) is 3. The number of hydrogen-bond donors (Lipinski definition) is 1. The highest BCUT2D eigenvalue weighted by Crippen LogP contribution is 2.67. The van der Waals surface area contributed by atoms with Gasteiger partial charge in [0, 0.05) is 11.0 Å². The molecule has 0 bridgehead atoms. The van der Waals surface area contributed by atoms with Gasteiger partial charge in [0.25, 0.3) is 0 Å². The fourth-order valence-corrected chi connectivity index (χ4v) is 9.57. The molecule has 0 spiro atoms. The Hall–Kier alpha value is -1.03. The van der Waals surface area contributed by atoms with Gasteiger partial charge in [0.2, 0.25) is 0 Å². The maximum Gasteiger partial charge on any atom is 0.179 e. The Labute approximate surface area is 158 Å². The van der Waals surface area contributed by atoms with Gasteiger partial charge in [-0.15, -0.1) is 0 Å². The van der Waals surface area contributed by atoms with Gasteiger partial charge in [-0.3, -0.25) is 0 Å². The van der Waals surface area contributed by atoms with E-state index in [1.165, 1.54) is 12.8 Å². The van der Waals surface area contributed by atoms with Crippen LogP contribution in [0.2, 0.25) is 0 Å². The predicted molar refractivity (Wildman–Crippen MR) is 104 cm³/mol. The highest BCUT2D eigenvalue weighted by molar-refractivity contribution is 7.91. The van der Waals surface area contributed by atoms with Gasteiger partial charge in [0.05, 0.1) is 10.6 Å². The molecule has 1 aromatic carbocycles. The molecule has 1 aromatic rings. The molecule has 144 valence electrons. The van der Waals surface area contributed by atoms with Crippen LogP contribution in [0.1, 0.15) is 70.9 Å². The molecule has 0 saturated heterocycles. The van der Waals surface area contributed by atoms with E-state index >= 15 is 0 Å². The second-order valence-electron chi connectivity index (χ2n) is 10.3. The van der Waals surface area contributed by atoms with Crippen molar-refractivity contribution < 1.29 is 13.5 Å². The van der Waals surface area contributed by atoms with Crippen LogP contribution in [0, 0.1) is 29.6 Å². The fourth-order valence-electron chi connectivity index (χ4n) is 7.19. The minimum atomic E-state index is -3.38. The third-order valence-electron chi connectivity index (χ3n) is 8.31. The molecule has 2 saturated carbocycles. The number of fused-ring (bicyclic) bond motifs is 5. The number of phenolic OH excluding ortho intramolecular Hbond substituents is 1. The van der Waals surface area contributed by atoms with Crippen LogP contribution in [0.4, 0.5) is 0 Å². The molecule has 0 aromatic heterocycles. The van der Waals surface area contributed by atoms with E-state index in [-0.39, 0.29) is 33.7 Å². The summed E-state index contributed by atoms with van der Waals surface area (Å²) in [5.74, 6) is 1.01. The Morgan fingerprint density at radius 3 is 2.42 bits per heavy atom. The first-order chi connectivity index (χ1) is 11.9. The molecule has 1 heterocycles. The van der Waals surface area contributed by atoms with Crippen molar-refractivity contribution in [1.29, 1.82) is 0 Å². The topological polar surface area (TPSA) is 54.4 Å². The van der Waals surface area contributed by atoms with Crippen LogP contribution in [-0.2, 0) is 15.3 Å². The molecule has 2 aliphatic carbocycles. The van der Waals surface area contributed by atoms with Crippen LogP contribution >= 0.6 is 0 Å². The zero-order chi connectivity index (χ0) is 19.1. The molecule has 26 heavy (non-hydrogen) atoms. The quantitative estimate of drug-likeness (QED) is 0.694. The second kappa shape index (κ2) is 5.27. The summed E-state index contributed by atoms with van der Waals surface area (Å²) in [4.78, 5) is 0.380. The van der Waals surface area contributed by atoms with Crippen LogP contribution in [-0.4, -0.2) is 19.3 Å². The van der Waals surface area contributed by atoms with E-state index in [2.05, 4.69) is 27.7 Å². The third-order valence-corrected chi connectivity index (χ3v) is 10.1. The van der Waals surface area contributed by atoms with E-state index in [1.807, 2.05) is 6.92 Å². The number of benzene rings is 1. The molecule has 4 heteroatoms. The summed E-state index contributed by atoms with van der Waals surface area (Å²) < 4.78 is 26.5. The summed E-state index contributed by atoms with van der Waals surface area (Å²) >= 11 is 0. The number of sulfone groups is 1. The van der Waals surface area contributed by atoms with Crippen LogP contribution < -0.4 is 0 Å². The highest BCUT2D eigenvalue weighted by Gasteiger charge is 2.62. The van der Waals surface area contributed by atoms with Crippen molar-refractivity contribution in [3.8, 4) is 5.75 Å². The van der Waals surface area contributed by atoms with Gasteiger partial charge in [-0.2, -0.15) is 0 Å². The first-order valence-corrected chi connectivity index (χ1v) is 11.6. The normalized spacial score (nSPS) is 40.2. The van der Waals surface area contributed by atoms with Crippen molar-refractivity contribution in [1.82, 2.24) is 0 Å². The van der Waals surface area contributed by atoms with Crippen molar-refractivity contribution in [3.05, 3.63) is 23.3 Å². The summed E-state index contributed by atoms with van der Waals surface area (Å²) in [5.41, 5.74) is 1.51. The summed E-state index contributed by atoms with van der Waals surface area (Å²) in [6, 6.07) is 3.51. The molecular weight excluding hydrogens is 344 g/mol. The Balaban J connectivity index is 1.95. The Bertz CT molecular complexity index is 870. The van der Waals surface area contributed by atoms with E-state index in [1.54, 1.807) is 12.1 Å². The molecule has 4 rings (SSSR count). The number of aryl methyl sites for hydroxylation is 1. The summed E-state index contributed by atoms with van der Waals surface area (Å²) in [5, 5.41) is 10.8. The van der Waals surface area contributed by atoms with E-state index in [4.69, 9.17) is 0 Å². The van der Waals surface area contributed by atoms with Gasteiger partial charge >= 0.3 is 0 Å². The van der Waals surface area contributed by atoms with Crippen molar-refractivity contribution in [3.63, 3.8) is 0 Å². The maximum atomic E-state index is 13.2. The lowest BCUT2D eigenvalue weighted by Crippen LogP contribution is -2.59. The SMILES string of the molecule is Cc1cc(O)c2c(c1)S(=O)(=O)C[C@@H]1[C@@]3(C)CCCC(C)(C)[C@@H]3CC[C@@]21C. The molecule has 3 aliphatic rings. The molecule has 3 nitrogen and oxygen atoms in total. The largest absolute Gasteiger partial charge is 0.508 e. The maximum absolute atomic E-state index is 13.2. The predicted octanol–water partition coefficient (Wildman–Crippen LogP) is 4.99. The Kier molecular flexibility index (Phi) is 3.72. The van der Waals surface area contributed by atoms with Gasteiger partial charge < -0.3 is 5.11 Å².